The lowest BCUT2D eigenvalue weighted by Gasteiger charge is -2.28. The van der Waals surface area contributed by atoms with Gasteiger partial charge in [-0.25, -0.2) is 9.97 Å². The first-order valence-corrected chi connectivity index (χ1v) is 10.2. The highest BCUT2D eigenvalue weighted by Crippen LogP contribution is 2.17. The maximum absolute atomic E-state index is 12.8. The number of hydrogen-bond donors (Lipinski definition) is 2. The predicted molar refractivity (Wildman–Crippen MR) is 116 cm³/mol. The highest BCUT2D eigenvalue weighted by atomic mass is 16.1. The van der Waals surface area contributed by atoms with Crippen LogP contribution in [0.15, 0.2) is 36.5 Å². The van der Waals surface area contributed by atoms with E-state index in [2.05, 4.69) is 47.9 Å². The van der Waals surface area contributed by atoms with Crippen molar-refractivity contribution in [2.75, 3.05) is 30.3 Å². The van der Waals surface area contributed by atoms with Gasteiger partial charge in [0.1, 0.15) is 17.3 Å². The van der Waals surface area contributed by atoms with Gasteiger partial charge in [0.05, 0.1) is 5.56 Å². The fourth-order valence-corrected chi connectivity index (χ4v) is 3.04. The number of carbonyl (C=O) groups is 1. The number of anilines is 2. The molecule has 0 unspecified atom stereocenters. The molecule has 2 aromatic rings. The van der Waals surface area contributed by atoms with Crippen LogP contribution in [0.2, 0.25) is 0 Å². The maximum Gasteiger partial charge on any atom is 0.215 e. The van der Waals surface area contributed by atoms with Crippen molar-refractivity contribution in [3.8, 4) is 0 Å². The molecule has 0 radical (unpaired) electrons. The molecule has 2 heterocycles. The Bertz CT molecular complexity index is 762. The van der Waals surface area contributed by atoms with Crippen molar-refractivity contribution in [2.24, 2.45) is 5.92 Å². The van der Waals surface area contributed by atoms with Crippen LogP contribution in [0.1, 0.15) is 56.6 Å². The van der Waals surface area contributed by atoms with E-state index >= 15 is 0 Å². The number of pyridine rings is 2. The molecule has 0 saturated carbocycles. The Morgan fingerprint density at radius 1 is 1.21 bits per heavy atom. The van der Waals surface area contributed by atoms with Crippen molar-refractivity contribution < 1.29 is 4.79 Å². The van der Waals surface area contributed by atoms with Crippen molar-refractivity contribution >= 4 is 17.4 Å². The van der Waals surface area contributed by atoms with E-state index in [9.17, 15) is 4.79 Å². The molecule has 28 heavy (non-hydrogen) atoms. The molecule has 0 aliphatic heterocycles. The lowest BCUT2D eigenvalue weighted by Crippen LogP contribution is -2.41. The van der Waals surface area contributed by atoms with E-state index in [0.717, 1.165) is 38.3 Å². The van der Waals surface area contributed by atoms with Gasteiger partial charge in [-0.1, -0.05) is 26.8 Å². The summed E-state index contributed by atoms with van der Waals surface area (Å²) in [5.74, 6) is 1.52. The van der Waals surface area contributed by atoms with Gasteiger partial charge in [0.2, 0.25) is 5.78 Å². The first-order chi connectivity index (χ1) is 13.5. The average molecular weight is 384 g/mol. The Morgan fingerprint density at radius 2 is 2.00 bits per heavy atom. The summed E-state index contributed by atoms with van der Waals surface area (Å²) in [6, 6.07) is 9.33. The minimum absolute atomic E-state index is 0.203. The van der Waals surface area contributed by atoms with Gasteiger partial charge in [-0.15, -0.1) is 0 Å². The van der Waals surface area contributed by atoms with Crippen molar-refractivity contribution in [3.63, 3.8) is 0 Å². The zero-order valence-electron chi connectivity index (χ0n) is 17.5. The summed E-state index contributed by atoms with van der Waals surface area (Å²) < 4.78 is 0. The summed E-state index contributed by atoms with van der Waals surface area (Å²) in [6.07, 6.45) is 3.78. The highest BCUT2D eigenvalue weighted by molar-refractivity contribution is 6.10. The largest absolute Gasteiger partial charge is 0.383 e. The van der Waals surface area contributed by atoms with Crippen LogP contribution in [0.25, 0.3) is 0 Å². The van der Waals surface area contributed by atoms with Crippen LogP contribution in [-0.4, -0.2) is 41.4 Å². The number of nitrogens with zero attached hydrogens (tertiary/aromatic N) is 3. The third-order valence-corrected chi connectivity index (χ3v) is 4.84. The second-order valence-corrected chi connectivity index (χ2v) is 7.43. The molecule has 1 atom stereocenters. The summed E-state index contributed by atoms with van der Waals surface area (Å²) in [5.41, 5.74) is 6.63. The van der Waals surface area contributed by atoms with Crippen molar-refractivity contribution in [1.29, 1.82) is 0 Å². The van der Waals surface area contributed by atoms with E-state index in [0.29, 0.717) is 23.2 Å². The van der Waals surface area contributed by atoms with Gasteiger partial charge in [-0.3, -0.25) is 4.79 Å². The van der Waals surface area contributed by atoms with Crippen molar-refractivity contribution in [3.05, 3.63) is 47.8 Å². The number of aromatic nitrogens is 2. The highest BCUT2D eigenvalue weighted by Gasteiger charge is 2.17. The molecule has 6 nitrogen and oxygen atoms in total. The number of nitrogens with one attached hydrogen (secondary N) is 1. The van der Waals surface area contributed by atoms with Crippen LogP contribution >= 0.6 is 0 Å². The molecule has 2 aromatic heterocycles. The molecule has 152 valence electrons. The number of carbonyl (C=O) groups excluding carboxylic acids is 1. The Labute approximate surface area is 168 Å². The molecule has 0 aromatic carbocycles. The normalized spacial score (nSPS) is 12.2. The lowest BCUT2D eigenvalue weighted by atomic mass is 10.1. The number of nitrogens with two attached hydrogens (primary N) is 1. The van der Waals surface area contributed by atoms with Crippen LogP contribution in [-0.2, 0) is 0 Å². The molecule has 6 heteroatoms. The summed E-state index contributed by atoms with van der Waals surface area (Å²) in [4.78, 5) is 23.6. The first kappa shape index (κ1) is 21.8. The van der Waals surface area contributed by atoms with Crippen LogP contribution in [0.4, 0.5) is 11.6 Å². The molecule has 0 fully saturated rings. The van der Waals surface area contributed by atoms with E-state index in [1.54, 1.807) is 24.4 Å². The van der Waals surface area contributed by atoms with E-state index < -0.39 is 0 Å². The van der Waals surface area contributed by atoms with E-state index in [4.69, 9.17) is 5.73 Å². The summed E-state index contributed by atoms with van der Waals surface area (Å²) in [7, 11) is 0. The lowest BCUT2D eigenvalue weighted by molar-refractivity contribution is 0.103. The first-order valence-electron chi connectivity index (χ1n) is 10.2. The Morgan fingerprint density at radius 3 is 2.64 bits per heavy atom. The number of likely N-dealkylation sites (N-methyl/N-ethyl adjacent to an activating group) is 1. The molecular formula is C22H33N5O. The number of ketones is 1. The molecule has 0 spiro atoms. The van der Waals surface area contributed by atoms with Crippen LogP contribution in [0.3, 0.4) is 0 Å². The van der Waals surface area contributed by atoms with Gasteiger partial charge in [-0.05, 0) is 56.5 Å². The fourth-order valence-electron chi connectivity index (χ4n) is 3.04. The van der Waals surface area contributed by atoms with Crippen LogP contribution in [0.5, 0.6) is 0 Å². The monoisotopic (exact) mass is 383 g/mol. The molecule has 0 amide bonds. The average Bonchev–Trinajstić information content (AvgIpc) is 2.70. The third-order valence-electron chi connectivity index (χ3n) is 4.84. The summed E-state index contributed by atoms with van der Waals surface area (Å²) in [6.45, 7) is 11.5. The molecule has 2 rings (SSSR count). The van der Waals surface area contributed by atoms with Crippen LogP contribution < -0.4 is 16.0 Å². The molecule has 3 N–H and O–H groups in total. The molecule has 0 bridgehead atoms. The summed E-state index contributed by atoms with van der Waals surface area (Å²) >= 11 is 0. The number of nitrogen functional groups attached to an aromatic ring is 1. The number of hydrogen-bond acceptors (Lipinski definition) is 6. The summed E-state index contributed by atoms with van der Waals surface area (Å²) in [5, 5.41) is 3.64. The van der Waals surface area contributed by atoms with Crippen LogP contribution in [0, 0.1) is 5.92 Å². The van der Waals surface area contributed by atoms with Gasteiger partial charge in [-0.2, -0.15) is 0 Å². The van der Waals surface area contributed by atoms with E-state index in [-0.39, 0.29) is 11.6 Å². The molecule has 0 saturated heterocycles. The predicted octanol–water partition coefficient (Wildman–Crippen LogP) is 3.53. The smallest absolute Gasteiger partial charge is 0.215 e. The zero-order valence-corrected chi connectivity index (χ0v) is 17.5. The maximum atomic E-state index is 12.8. The van der Waals surface area contributed by atoms with Crippen molar-refractivity contribution in [1.82, 2.24) is 15.3 Å². The topological polar surface area (TPSA) is 84.1 Å². The molecule has 0 aliphatic rings. The van der Waals surface area contributed by atoms with Gasteiger partial charge >= 0.3 is 0 Å². The Balaban J connectivity index is 2.13. The SMILES string of the molecule is CC[C@@H](CN(CC)c1cccc(C(=O)c2cccnc2N)n1)NCCC(C)C. The Hall–Kier alpha value is -2.47. The fraction of sp³-hybridized carbons (Fsp3) is 0.500. The van der Waals surface area contributed by atoms with Gasteiger partial charge in [0.25, 0.3) is 0 Å². The number of rotatable bonds is 11. The van der Waals surface area contributed by atoms with Gasteiger partial charge in [0, 0.05) is 25.3 Å². The second-order valence-electron chi connectivity index (χ2n) is 7.43. The Kier molecular flexibility index (Phi) is 8.39. The van der Waals surface area contributed by atoms with E-state index in [1.807, 2.05) is 12.1 Å². The minimum atomic E-state index is -0.203. The quantitative estimate of drug-likeness (QED) is 0.578. The van der Waals surface area contributed by atoms with E-state index in [1.165, 1.54) is 0 Å². The van der Waals surface area contributed by atoms with Gasteiger partial charge in [0.15, 0.2) is 0 Å². The standard InChI is InChI=1S/C22H33N5O/c1-5-17(24-14-12-16(3)4)15-27(6-2)20-11-7-10-19(26-20)21(28)18-9-8-13-25-22(18)23/h7-11,13,16-17,24H,5-6,12,14-15H2,1-4H3,(H2,23,25)/t17-/m0/s1. The molecule has 0 aliphatic carbocycles. The van der Waals surface area contributed by atoms with Crippen molar-refractivity contribution in [2.45, 2.75) is 46.6 Å². The molecular weight excluding hydrogens is 350 g/mol. The minimum Gasteiger partial charge on any atom is -0.383 e. The second kappa shape index (κ2) is 10.8. The van der Waals surface area contributed by atoms with Gasteiger partial charge < -0.3 is 16.0 Å². The third kappa shape index (κ3) is 6.02. The zero-order chi connectivity index (χ0) is 20.5.